The van der Waals surface area contributed by atoms with E-state index in [1.807, 2.05) is 6.92 Å². The fourth-order valence-electron chi connectivity index (χ4n) is 2.42. The van der Waals surface area contributed by atoms with Gasteiger partial charge < -0.3 is 9.64 Å². The molecule has 2 rings (SSSR count). The molecule has 0 atom stereocenters. The molecule has 0 N–H and O–H groups in total. The van der Waals surface area contributed by atoms with E-state index in [-0.39, 0.29) is 12.5 Å². The number of amides is 1. The third-order valence-electron chi connectivity index (χ3n) is 3.60. The number of nitrogens with zero attached hydrogens (tertiary/aromatic N) is 1. The van der Waals surface area contributed by atoms with E-state index < -0.39 is 5.97 Å². The molecule has 1 aliphatic rings. The highest BCUT2D eigenvalue weighted by molar-refractivity contribution is 6.30. The lowest BCUT2D eigenvalue weighted by atomic mass is 10.1. The topological polar surface area (TPSA) is 46.6 Å². The second-order valence-corrected chi connectivity index (χ2v) is 5.80. The van der Waals surface area contributed by atoms with E-state index >= 15 is 0 Å². The van der Waals surface area contributed by atoms with Gasteiger partial charge in [0.1, 0.15) is 12.3 Å². The van der Waals surface area contributed by atoms with Crippen LogP contribution in [-0.4, -0.2) is 29.9 Å². The van der Waals surface area contributed by atoms with Crippen LogP contribution in [0.25, 0.3) is 0 Å². The molecule has 1 aliphatic heterocycles. The van der Waals surface area contributed by atoms with Gasteiger partial charge in [0.05, 0.1) is 0 Å². The monoisotopic (exact) mass is 309 g/mol. The number of rotatable bonds is 3. The van der Waals surface area contributed by atoms with Crippen LogP contribution < -0.4 is 4.74 Å². The van der Waals surface area contributed by atoms with Crippen LogP contribution in [-0.2, 0) is 9.59 Å². The van der Waals surface area contributed by atoms with Crippen molar-refractivity contribution in [2.75, 3.05) is 13.1 Å². The molecule has 0 radical (unpaired) electrons. The summed E-state index contributed by atoms with van der Waals surface area (Å²) in [6, 6.07) is 5.09. The SMILES string of the molecule is Cc1cc(Cl)ccc1OC(=O)CN1CCCCCCC1=O. The average Bonchev–Trinajstić information content (AvgIpc) is 2.42. The van der Waals surface area contributed by atoms with Crippen LogP contribution >= 0.6 is 11.6 Å². The van der Waals surface area contributed by atoms with Gasteiger partial charge in [0.2, 0.25) is 5.91 Å². The number of carbonyl (C=O) groups is 2. The molecule has 1 amide bonds. The second kappa shape index (κ2) is 7.46. The van der Waals surface area contributed by atoms with Gasteiger partial charge in [-0.05, 0) is 43.5 Å². The minimum Gasteiger partial charge on any atom is -0.425 e. The molecule has 1 aromatic carbocycles. The van der Waals surface area contributed by atoms with E-state index in [9.17, 15) is 9.59 Å². The zero-order valence-electron chi connectivity index (χ0n) is 12.2. The molecule has 1 saturated heterocycles. The number of esters is 1. The summed E-state index contributed by atoms with van der Waals surface area (Å²) in [5.74, 6) is 0.123. The van der Waals surface area contributed by atoms with Crippen molar-refractivity contribution in [3.8, 4) is 5.75 Å². The predicted molar refractivity (Wildman–Crippen MR) is 81.5 cm³/mol. The molecule has 1 fully saturated rings. The molecule has 0 aromatic heterocycles. The number of ether oxygens (including phenoxy) is 1. The van der Waals surface area contributed by atoms with Crippen LogP contribution in [0.5, 0.6) is 5.75 Å². The van der Waals surface area contributed by atoms with Crippen molar-refractivity contribution in [3.05, 3.63) is 28.8 Å². The lowest BCUT2D eigenvalue weighted by molar-refractivity contribution is -0.143. The molecule has 114 valence electrons. The molecule has 21 heavy (non-hydrogen) atoms. The normalized spacial score (nSPS) is 16.3. The van der Waals surface area contributed by atoms with Gasteiger partial charge >= 0.3 is 5.97 Å². The highest BCUT2D eigenvalue weighted by atomic mass is 35.5. The Morgan fingerprint density at radius 2 is 2.05 bits per heavy atom. The van der Waals surface area contributed by atoms with E-state index in [0.717, 1.165) is 31.2 Å². The van der Waals surface area contributed by atoms with Crippen molar-refractivity contribution in [3.63, 3.8) is 0 Å². The van der Waals surface area contributed by atoms with E-state index in [2.05, 4.69) is 0 Å². The van der Waals surface area contributed by atoms with Gasteiger partial charge in [-0.25, -0.2) is 4.79 Å². The fourth-order valence-corrected chi connectivity index (χ4v) is 2.65. The third kappa shape index (κ3) is 4.74. The first-order valence-electron chi connectivity index (χ1n) is 7.31. The van der Waals surface area contributed by atoms with Gasteiger partial charge in [0, 0.05) is 18.0 Å². The second-order valence-electron chi connectivity index (χ2n) is 5.36. The summed E-state index contributed by atoms with van der Waals surface area (Å²) < 4.78 is 5.33. The Balaban J connectivity index is 1.95. The molecule has 0 bridgehead atoms. The minimum absolute atomic E-state index is 0.0148. The Hall–Kier alpha value is -1.55. The average molecular weight is 310 g/mol. The molecule has 5 heteroatoms. The lowest BCUT2D eigenvalue weighted by Gasteiger charge is -2.23. The summed E-state index contributed by atoms with van der Waals surface area (Å²) in [7, 11) is 0. The van der Waals surface area contributed by atoms with Crippen LogP contribution in [0.15, 0.2) is 18.2 Å². The van der Waals surface area contributed by atoms with Crippen LogP contribution in [0.3, 0.4) is 0 Å². The zero-order chi connectivity index (χ0) is 15.2. The highest BCUT2D eigenvalue weighted by Gasteiger charge is 2.19. The van der Waals surface area contributed by atoms with Crippen molar-refractivity contribution in [2.45, 2.75) is 39.0 Å². The summed E-state index contributed by atoms with van der Waals surface area (Å²) in [5.41, 5.74) is 0.801. The quantitative estimate of drug-likeness (QED) is 0.635. The number of carbonyl (C=O) groups excluding carboxylic acids is 2. The largest absolute Gasteiger partial charge is 0.425 e. The highest BCUT2D eigenvalue weighted by Crippen LogP contribution is 2.22. The summed E-state index contributed by atoms with van der Waals surface area (Å²) in [6.07, 6.45) is 4.57. The lowest BCUT2D eigenvalue weighted by Crippen LogP contribution is -2.38. The van der Waals surface area contributed by atoms with Gasteiger partial charge in [-0.3, -0.25) is 4.79 Å². The van der Waals surface area contributed by atoms with Crippen molar-refractivity contribution < 1.29 is 14.3 Å². The molecule has 0 saturated carbocycles. The van der Waals surface area contributed by atoms with Crippen LogP contribution in [0.2, 0.25) is 5.02 Å². The Kier molecular flexibility index (Phi) is 5.62. The number of likely N-dealkylation sites (tertiary alicyclic amines) is 1. The molecule has 4 nitrogen and oxygen atoms in total. The zero-order valence-corrected chi connectivity index (χ0v) is 13.0. The first-order chi connectivity index (χ1) is 10.1. The Labute approximate surface area is 130 Å². The van der Waals surface area contributed by atoms with Crippen molar-refractivity contribution >= 4 is 23.5 Å². The van der Waals surface area contributed by atoms with Gasteiger partial charge in [0.15, 0.2) is 0 Å². The molecule has 1 heterocycles. The molecule has 0 spiro atoms. The maximum Gasteiger partial charge on any atom is 0.331 e. The molecular formula is C16H20ClNO3. The number of hydrogen-bond donors (Lipinski definition) is 0. The maximum atomic E-state index is 12.0. The van der Waals surface area contributed by atoms with E-state index in [1.54, 1.807) is 23.1 Å². The van der Waals surface area contributed by atoms with Gasteiger partial charge in [-0.2, -0.15) is 0 Å². The van der Waals surface area contributed by atoms with Crippen LogP contribution in [0.4, 0.5) is 0 Å². The van der Waals surface area contributed by atoms with E-state index in [0.29, 0.717) is 23.7 Å². The third-order valence-corrected chi connectivity index (χ3v) is 3.84. The van der Waals surface area contributed by atoms with Crippen molar-refractivity contribution in [2.24, 2.45) is 0 Å². The van der Waals surface area contributed by atoms with Crippen molar-refractivity contribution in [1.29, 1.82) is 0 Å². The van der Waals surface area contributed by atoms with Gasteiger partial charge in [0.25, 0.3) is 0 Å². The number of aryl methyl sites for hydroxylation is 1. The first kappa shape index (κ1) is 15.8. The Morgan fingerprint density at radius 3 is 2.81 bits per heavy atom. The Bertz CT molecular complexity index is 530. The predicted octanol–water partition coefficient (Wildman–Crippen LogP) is 3.35. The molecular weight excluding hydrogens is 290 g/mol. The number of halogens is 1. The number of benzene rings is 1. The summed E-state index contributed by atoms with van der Waals surface area (Å²) in [6.45, 7) is 2.48. The standard InChI is InChI=1S/C16H20ClNO3/c1-12-10-13(17)7-8-14(12)21-16(20)11-18-9-5-3-2-4-6-15(18)19/h7-8,10H,2-6,9,11H2,1H3. The van der Waals surface area contributed by atoms with Crippen LogP contribution in [0, 0.1) is 6.92 Å². The summed E-state index contributed by atoms with van der Waals surface area (Å²) in [5, 5.41) is 0.603. The summed E-state index contributed by atoms with van der Waals surface area (Å²) >= 11 is 5.87. The maximum absolute atomic E-state index is 12.0. The van der Waals surface area contributed by atoms with Gasteiger partial charge in [-0.15, -0.1) is 0 Å². The fraction of sp³-hybridized carbons (Fsp3) is 0.500. The Morgan fingerprint density at radius 1 is 1.29 bits per heavy atom. The number of hydrogen-bond acceptors (Lipinski definition) is 3. The molecule has 1 aromatic rings. The smallest absolute Gasteiger partial charge is 0.331 e. The minimum atomic E-state index is -0.408. The van der Waals surface area contributed by atoms with Crippen molar-refractivity contribution in [1.82, 2.24) is 4.90 Å². The van der Waals surface area contributed by atoms with Crippen LogP contribution in [0.1, 0.15) is 37.7 Å². The first-order valence-corrected chi connectivity index (χ1v) is 7.68. The van der Waals surface area contributed by atoms with E-state index in [1.165, 1.54) is 0 Å². The molecule has 0 unspecified atom stereocenters. The van der Waals surface area contributed by atoms with E-state index in [4.69, 9.17) is 16.3 Å². The van der Waals surface area contributed by atoms with Gasteiger partial charge in [-0.1, -0.05) is 24.4 Å². The summed E-state index contributed by atoms with van der Waals surface area (Å²) in [4.78, 5) is 25.6. The molecule has 0 aliphatic carbocycles.